The lowest BCUT2D eigenvalue weighted by Crippen LogP contribution is -2.34. The lowest BCUT2D eigenvalue weighted by molar-refractivity contribution is -0.115. The minimum atomic E-state index is -0.451. The van der Waals surface area contributed by atoms with Crippen LogP contribution in [-0.2, 0) is 4.79 Å². The van der Waals surface area contributed by atoms with Crippen molar-refractivity contribution in [2.24, 2.45) is 0 Å². The standard InChI is InChI=1S/C17H14Cl3N3O2S/c1-2-15(24)21-10-4-6-12(19)14(8-10)22-17(26)23-16(25)9-3-5-11(18)13(20)7-9/h3-8H,2H2,1H3,(H,21,24)(H2,22,23,25,26). The van der Waals surface area contributed by atoms with Crippen LogP contribution in [0.25, 0.3) is 0 Å². The predicted octanol–water partition coefficient (Wildman–Crippen LogP) is 5.12. The Morgan fingerprint density at radius 3 is 2.31 bits per heavy atom. The second-order valence-corrected chi connectivity index (χ2v) is 6.76. The zero-order valence-corrected chi connectivity index (χ0v) is 16.6. The summed E-state index contributed by atoms with van der Waals surface area (Å²) in [6.45, 7) is 1.75. The highest BCUT2D eigenvalue weighted by Crippen LogP contribution is 2.26. The Labute approximate surface area is 171 Å². The van der Waals surface area contributed by atoms with Crippen molar-refractivity contribution in [1.82, 2.24) is 5.32 Å². The molecule has 0 radical (unpaired) electrons. The summed E-state index contributed by atoms with van der Waals surface area (Å²) in [5.74, 6) is -0.582. The van der Waals surface area contributed by atoms with Crippen molar-refractivity contribution in [3.63, 3.8) is 0 Å². The third-order valence-electron chi connectivity index (χ3n) is 3.23. The quantitative estimate of drug-likeness (QED) is 0.589. The Balaban J connectivity index is 2.07. The van der Waals surface area contributed by atoms with Gasteiger partial charge in [-0.25, -0.2) is 0 Å². The molecule has 2 amide bonds. The lowest BCUT2D eigenvalue weighted by atomic mass is 10.2. The van der Waals surface area contributed by atoms with Crippen LogP contribution in [0.5, 0.6) is 0 Å². The molecule has 2 aromatic rings. The highest BCUT2D eigenvalue weighted by Gasteiger charge is 2.11. The molecule has 3 N–H and O–H groups in total. The van der Waals surface area contributed by atoms with E-state index >= 15 is 0 Å². The van der Waals surface area contributed by atoms with E-state index in [0.29, 0.717) is 33.4 Å². The molecule has 136 valence electrons. The molecular weight excluding hydrogens is 417 g/mol. The van der Waals surface area contributed by atoms with Gasteiger partial charge in [-0.2, -0.15) is 0 Å². The smallest absolute Gasteiger partial charge is 0.257 e. The van der Waals surface area contributed by atoms with Crippen LogP contribution >= 0.6 is 47.0 Å². The van der Waals surface area contributed by atoms with Gasteiger partial charge in [-0.05, 0) is 48.6 Å². The van der Waals surface area contributed by atoms with Crippen LogP contribution in [0.1, 0.15) is 23.7 Å². The minimum Gasteiger partial charge on any atom is -0.331 e. The number of hydrogen-bond acceptors (Lipinski definition) is 3. The highest BCUT2D eigenvalue weighted by atomic mass is 35.5. The first kappa shape index (κ1) is 20.5. The van der Waals surface area contributed by atoms with Crippen molar-refractivity contribution < 1.29 is 9.59 Å². The number of benzene rings is 2. The van der Waals surface area contributed by atoms with E-state index < -0.39 is 5.91 Å². The number of carbonyl (C=O) groups is 2. The maximum atomic E-state index is 12.2. The van der Waals surface area contributed by atoms with Gasteiger partial charge in [-0.3, -0.25) is 14.9 Å². The number of hydrogen-bond donors (Lipinski definition) is 3. The minimum absolute atomic E-state index is 0.0435. The lowest BCUT2D eigenvalue weighted by Gasteiger charge is -2.13. The first-order valence-electron chi connectivity index (χ1n) is 7.47. The highest BCUT2D eigenvalue weighted by molar-refractivity contribution is 7.80. The van der Waals surface area contributed by atoms with Crippen LogP contribution in [-0.4, -0.2) is 16.9 Å². The molecule has 2 rings (SSSR count). The van der Waals surface area contributed by atoms with Crippen molar-refractivity contribution in [3.05, 3.63) is 57.0 Å². The Hall–Kier alpha value is -1.86. The van der Waals surface area contributed by atoms with Gasteiger partial charge in [0.25, 0.3) is 5.91 Å². The van der Waals surface area contributed by atoms with Gasteiger partial charge in [0.2, 0.25) is 5.91 Å². The summed E-state index contributed by atoms with van der Waals surface area (Å²) in [7, 11) is 0. The first-order chi connectivity index (χ1) is 12.3. The van der Waals surface area contributed by atoms with Crippen LogP contribution in [0.2, 0.25) is 15.1 Å². The van der Waals surface area contributed by atoms with Crippen molar-refractivity contribution >= 4 is 75.3 Å². The SMILES string of the molecule is CCC(=O)Nc1ccc(Cl)c(NC(=S)NC(=O)c2ccc(Cl)c(Cl)c2)c1. The Morgan fingerprint density at radius 2 is 1.65 bits per heavy atom. The molecule has 26 heavy (non-hydrogen) atoms. The Morgan fingerprint density at radius 1 is 0.962 bits per heavy atom. The molecule has 0 aromatic heterocycles. The second-order valence-electron chi connectivity index (χ2n) is 5.13. The maximum Gasteiger partial charge on any atom is 0.257 e. The number of anilines is 2. The predicted molar refractivity (Wildman–Crippen MR) is 111 cm³/mol. The molecule has 0 fully saturated rings. The molecule has 2 aromatic carbocycles. The van der Waals surface area contributed by atoms with Crippen LogP contribution < -0.4 is 16.0 Å². The van der Waals surface area contributed by atoms with Gasteiger partial charge < -0.3 is 10.6 Å². The van der Waals surface area contributed by atoms with E-state index in [-0.39, 0.29) is 16.0 Å². The summed E-state index contributed by atoms with van der Waals surface area (Å²) in [5, 5.41) is 9.10. The van der Waals surface area contributed by atoms with Gasteiger partial charge in [0.05, 0.1) is 20.8 Å². The fourth-order valence-electron chi connectivity index (χ4n) is 1.91. The molecule has 5 nitrogen and oxygen atoms in total. The van der Waals surface area contributed by atoms with Gasteiger partial charge >= 0.3 is 0 Å². The van der Waals surface area contributed by atoms with Gasteiger partial charge in [-0.15, -0.1) is 0 Å². The van der Waals surface area contributed by atoms with Gasteiger partial charge in [0.15, 0.2) is 5.11 Å². The molecule has 0 heterocycles. The molecule has 0 unspecified atom stereocenters. The molecular formula is C17H14Cl3N3O2S. The van der Waals surface area contributed by atoms with E-state index in [4.69, 9.17) is 47.0 Å². The fourth-order valence-corrected chi connectivity index (χ4v) is 2.58. The maximum absolute atomic E-state index is 12.2. The summed E-state index contributed by atoms with van der Waals surface area (Å²) in [6.07, 6.45) is 0.351. The molecule has 0 saturated heterocycles. The van der Waals surface area contributed by atoms with Gasteiger partial charge in [0.1, 0.15) is 0 Å². The zero-order chi connectivity index (χ0) is 19.3. The third kappa shape index (κ3) is 5.57. The Kier molecular flexibility index (Phi) is 7.23. The molecule has 0 saturated carbocycles. The molecule has 0 aliphatic heterocycles. The topological polar surface area (TPSA) is 70.2 Å². The number of carbonyl (C=O) groups excluding carboxylic acids is 2. The average Bonchev–Trinajstić information content (AvgIpc) is 2.59. The van der Waals surface area contributed by atoms with Gasteiger partial charge in [-0.1, -0.05) is 41.7 Å². The fraction of sp³-hybridized carbons (Fsp3) is 0.118. The average molecular weight is 431 g/mol. The third-order valence-corrected chi connectivity index (χ3v) is 4.50. The molecule has 0 bridgehead atoms. The summed E-state index contributed by atoms with van der Waals surface area (Å²) in [4.78, 5) is 23.7. The summed E-state index contributed by atoms with van der Waals surface area (Å²) in [5.41, 5.74) is 1.31. The molecule has 0 atom stereocenters. The summed E-state index contributed by atoms with van der Waals surface area (Å²) >= 11 is 23.0. The number of amides is 2. The van der Waals surface area contributed by atoms with E-state index in [1.54, 1.807) is 25.1 Å². The van der Waals surface area contributed by atoms with Crippen LogP contribution in [0, 0.1) is 0 Å². The van der Waals surface area contributed by atoms with Crippen molar-refractivity contribution in [1.29, 1.82) is 0 Å². The van der Waals surface area contributed by atoms with E-state index in [2.05, 4.69) is 16.0 Å². The number of rotatable bonds is 4. The van der Waals surface area contributed by atoms with E-state index in [0.717, 1.165) is 0 Å². The second kappa shape index (κ2) is 9.19. The van der Waals surface area contributed by atoms with Crippen LogP contribution in [0.3, 0.4) is 0 Å². The van der Waals surface area contributed by atoms with Crippen LogP contribution in [0.4, 0.5) is 11.4 Å². The number of nitrogens with one attached hydrogen (secondary N) is 3. The van der Waals surface area contributed by atoms with Crippen molar-refractivity contribution in [3.8, 4) is 0 Å². The zero-order valence-electron chi connectivity index (χ0n) is 13.5. The van der Waals surface area contributed by atoms with Crippen LogP contribution in [0.15, 0.2) is 36.4 Å². The normalized spacial score (nSPS) is 10.2. The molecule has 9 heteroatoms. The largest absolute Gasteiger partial charge is 0.331 e. The van der Waals surface area contributed by atoms with E-state index in [9.17, 15) is 9.59 Å². The Bertz CT molecular complexity index is 874. The molecule has 0 aliphatic carbocycles. The van der Waals surface area contributed by atoms with E-state index in [1.165, 1.54) is 18.2 Å². The van der Waals surface area contributed by atoms with Crippen molar-refractivity contribution in [2.75, 3.05) is 10.6 Å². The number of thiocarbonyl (C=S) groups is 1. The monoisotopic (exact) mass is 429 g/mol. The number of halogens is 3. The molecule has 0 aliphatic rings. The van der Waals surface area contributed by atoms with E-state index in [1.807, 2.05) is 0 Å². The summed E-state index contributed by atoms with van der Waals surface area (Å²) in [6, 6.07) is 9.38. The summed E-state index contributed by atoms with van der Waals surface area (Å²) < 4.78 is 0. The van der Waals surface area contributed by atoms with Crippen molar-refractivity contribution in [2.45, 2.75) is 13.3 Å². The molecule has 0 spiro atoms. The first-order valence-corrected chi connectivity index (χ1v) is 9.01. The van der Waals surface area contributed by atoms with Gasteiger partial charge in [0, 0.05) is 17.7 Å².